The molecule has 1 saturated carbocycles. The molecule has 2 aromatic carbocycles. The maximum absolute atomic E-state index is 13.2. The van der Waals surface area contributed by atoms with Crippen LogP contribution in [0.2, 0.25) is 0 Å². The molecule has 0 radical (unpaired) electrons. The van der Waals surface area contributed by atoms with Crippen LogP contribution in [0.4, 0.5) is 18.9 Å². The summed E-state index contributed by atoms with van der Waals surface area (Å²) >= 11 is 1.25. The number of alkyl halides is 3. The number of hydrogen-bond acceptors (Lipinski definition) is 4. The van der Waals surface area contributed by atoms with Gasteiger partial charge in [-0.3, -0.25) is 4.79 Å². The number of rotatable bonds is 7. The van der Waals surface area contributed by atoms with Crippen LogP contribution in [0.3, 0.4) is 0 Å². The Morgan fingerprint density at radius 3 is 2.55 bits per heavy atom. The summed E-state index contributed by atoms with van der Waals surface area (Å²) in [7, 11) is 0. The van der Waals surface area contributed by atoms with Gasteiger partial charge in [0.15, 0.2) is 5.16 Å². The maximum atomic E-state index is 13.2. The highest BCUT2D eigenvalue weighted by Crippen LogP contribution is 2.42. The summed E-state index contributed by atoms with van der Waals surface area (Å²) in [6.07, 6.45) is -2.31. The first-order valence-electron chi connectivity index (χ1n) is 9.99. The van der Waals surface area contributed by atoms with E-state index in [-0.39, 0.29) is 5.69 Å². The number of amides is 1. The van der Waals surface area contributed by atoms with Gasteiger partial charge in [-0.1, -0.05) is 48.2 Å². The van der Waals surface area contributed by atoms with Gasteiger partial charge < -0.3 is 9.88 Å². The van der Waals surface area contributed by atoms with E-state index in [4.69, 9.17) is 0 Å². The summed E-state index contributed by atoms with van der Waals surface area (Å²) < 4.78 is 41.1. The van der Waals surface area contributed by atoms with Crippen molar-refractivity contribution >= 4 is 23.4 Å². The summed E-state index contributed by atoms with van der Waals surface area (Å²) in [6.45, 7) is 2.68. The highest BCUT2D eigenvalue weighted by atomic mass is 32.2. The van der Waals surface area contributed by atoms with Crippen LogP contribution in [-0.4, -0.2) is 20.7 Å². The van der Waals surface area contributed by atoms with Crippen molar-refractivity contribution in [2.45, 2.75) is 48.8 Å². The number of benzene rings is 2. The van der Waals surface area contributed by atoms with E-state index in [1.165, 1.54) is 23.9 Å². The Kier molecular flexibility index (Phi) is 6.04. The first-order chi connectivity index (χ1) is 14.9. The van der Waals surface area contributed by atoms with Gasteiger partial charge in [0.05, 0.1) is 5.56 Å². The van der Waals surface area contributed by atoms with Crippen molar-refractivity contribution in [3.05, 3.63) is 71.5 Å². The number of carbonyl (C=O) groups is 1. The SMILES string of the molecule is CCn1c(SC(C(=O)Nc2cccc(C(F)(F)F)c2)c2ccccc2)nnc1C1CC1. The number of nitrogens with one attached hydrogen (secondary N) is 1. The summed E-state index contributed by atoms with van der Waals surface area (Å²) in [5, 5.41) is 11.2. The second-order valence-electron chi connectivity index (χ2n) is 7.34. The molecule has 0 saturated heterocycles. The lowest BCUT2D eigenvalue weighted by Crippen LogP contribution is -2.20. The zero-order valence-electron chi connectivity index (χ0n) is 16.8. The predicted molar refractivity (Wildman–Crippen MR) is 113 cm³/mol. The standard InChI is InChI=1S/C22H21F3N4OS/c1-2-29-19(15-11-12-15)27-28-21(29)31-18(14-7-4-3-5-8-14)20(30)26-17-10-6-9-16(13-17)22(23,24)25/h3-10,13,15,18H,2,11-12H2,1H3,(H,26,30). The third-order valence-electron chi connectivity index (χ3n) is 5.03. The fraction of sp³-hybridized carbons (Fsp3) is 0.318. The third kappa shape index (κ3) is 4.92. The zero-order valence-corrected chi connectivity index (χ0v) is 17.6. The smallest absolute Gasteiger partial charge is 0.325 e. The molecule has 1 heterocycles. The molecule has 31 heavy (non-hydrogen) atoms. The van der Waals surface area contributed by atoms with Crippen LogP contribution in [0.5, 0.6) is 0 Å². The molecule has 0 spiro atoms. The number of hydrogen-bond donors (Lipinski definition) is 1. The molecule has 1 atom stereocenters. The van der Waals surface area contributed by atoms with Gasteiger partial charge in [-0.25, -0.2) is 0 Å². The van der Waals surface area contributed by atoms with Gasteiger partial charge in [-0.15, -0.1) is 10.2 Å². The van der Waals surface area contributed by atoms with Gasteiger partial charge in [0.1, 0.15) is 11.1 Å². The minimum atomic E-state index is -4.48. The van der Waals surface area contributed by atoms with Gasteiger partial charge in [-0.05, 0) is 43.5 Å². The highest BCUT2D eigenvalue weighted by Gasteiger charge is 2.33. The van der Waals surface area contributed by atoms with Crippen molar-refractivity contribution in [2.75, 3.05) is 5.32 Å². The molecule has 162 valence electrons. The second kappa shape index (κ2) is 8.74. The number of carbonyl (C=O) groups excluding carboxylic acids is 1. The number of nitrogens with zero attached hydrogens (tertiary/aromatic N) is 3. The van der Waals surface area contributed by atoms with Crippen LogP contribution in [0.1, 0.15) is 47.9 Å². The summed E-state index contributed by atoms with van der Waals surface area (Å²) in [5.74, 6) is 0.917. The average molecular weight is 446 g/mol. The van der Waals surface area contributed by atoms with Crippen LogP contribution in [-0.2, 0) is 17.5 Å². The summed E-state index contributed by atoms with van der Waals surface area (Å²) in [4.78, 5) is 13.2. The molecule has 0 aliphatic heterocycles. The fourth-order valence-corrected chi connectivity index (χ4v) is 4.42. The second-order valence-corrected chi connectivity index (χ2v) is 8.41. The Morgan fingerprint density at radius 1 is 1.16 bits per heavy atom. The Balaban J connectivity index is 1.61. The molecule has 1 fully saturated rings. The topological polar surface area (TPSA) is 59.8 Å². The number of anilines is 1. The Hall–Kier alpha value is -2.81. The van der Waals surface area contributed by atoms with E-state index in [0.29, 0.717) is 17.6 Å². The molecular formula is C22H21F3N4OS. The van der Waals surface area contributed by atoms with Gasteiger partial charge in [0.2, 0.25) is 5.91 Å². The zero-order chi connectivity index (χ0) is 22.0. The average Bonchev–Trinajstić information content (AvgIpc) is 3.52. The molecule has 4 rings (SSSR count). The summed E-state index contributed by atoms with van der Waals surface area (Å²) in [6, 6.07) is 13.7. The van der Waals surface area contributed by atoms with Crippen molar-refractivity contribution in [3.63, 3.8) is 0 Å². The highest BCUT2D eigenvalue weighted by molar-refractivity contribution is 8.00. The van der Waals surface area contributed by atoms with E-state index in [1.807, 2.05) is 41.8 Å². The van der Waals surface area contributed by atoms with Crippen molar-refractivity contribution < 1.29 is 18.0 Å². The molecule has 1 unspecified atom stereocenters. The van der Waals surface area contributed by atoms with E-state index < -0.39 is 22.9 Å². The van der Waals surface area contributed by atoms with E-state index in [0.717, 1.165) is 36.4 Å². The predicted octanol–water partition coefficient (Wildman–Crippen LogP) is 5.67. The first kappa shape index (κ1) is 21.4. The quantitative estimate of drug-likeness (QED) is 0.476. The van der Waals surface area contributed by atoms with Crippen LogP contribution in [0.15, 0.2) is 59.8 Å². The molecule has 1 amide bonds. The number of thioether (sulfide) groups is 1. The van der Waals surface area contributed by atoms with Gasteiger partial charge in [0.25, 0.3) is 0 Å². The number of halogens is 3. The monoisotopic (exact) mass is 446 g/mol. The molecule has 1 aliphatic rings. The van der Waals surface area contributed by atoms with Crippen LogP contribution in [0, 0.1) is 0 Å². The minimum absolute atomic E-state index is 0.0944. The maximum Gasteiger partial charge on any atom is 0.416 e. The van der Waals surface area contributed by atoms with Gasteiger partial charge in [0, 0.05) is 18.2 Å². The Bertz CT molecular complexity index is 1060. The molecule has 1 N–H and O–H groups in total. The van der Waals surface area contributed by atoms with Crippen molar-refractivity contribution in [1.82, 2.24) is 14.8 Å². The number of aromatic nitrogens is 3. The molecule has 1 aliphatic carbocycles. The molecule has 3 aromatic rings. The van der Waals surface area contributed by atoms with E-state index in [2.05, 4.69) is 15.5 Å². The van der Waals surface area contributed by atoms with Crippen molar-refractivity contribution in [1.29, 1.82) is 0 Å². The normalized spacial score (nSPS) is 15.0. The van der Waals surface area contributed by atoms with Crippen molar-refractivity contribution in [2.24, 2.45) is 0 Å². The van der Waals surface area contributed by atoms with E-state index >= 15 is 0 Å². The molecule has 1 aromatic heterocycles. The molecular weight excluding hydrogens is 425 g/mol. The Labute approximate surface area is 182 Å². The van der Waals surface area contributed by atoms with E-state index in [9.17, 15) is 18.0 Å². The van der Waals surface area contributed by atoms with Gasteiger partial charge >= 0.3 is 6.18 Å². The lowest BCUT2D eigenvalue weighted by atomic mass is 10.1. The summed E-state index contributed by atoms with van der Waals surface area (Å²) in [5.41, 5.74) is 0.0154. The lowest BCUT2D eigenvalue weighted by Gasteiger charge is -2.18. The lowest BCUT2D eigenvalue weighted by molar-refractivity contribution is -0.137. The van der Waals surface area contributed by atoms with E-state index in [1.54, 1.807) is 0 Å². The first-order valence-corrected chi connectivity index (χ1v) is 10.9. The fourth-order valence-electron chi connectivity index (χ4n) is 3.32. The third-order valence-corrected chi connectivity index (χ3v) is 6.26. The molecule has 9 heteroatoms. The van der Waals surface area contributed by atoms with Crippen molar-refractivity contribution in [3.8, 4) is 0 Å². The van der Waals surface area contributed by atoms with Crippen LogP contribution < -0.4 is 5.32 Å². The van der Waals surface area contributed by atoms with Crippen LogP contribution in [0.25, 0.3) is 0 Å². The molecule has 5 nitrogen and oxygen atoms in total. The minimum Gasteiger partial charge on any atom is -0.325 e. The molecule has 0 bridgehead atoms. The Morgan fingerprint density at radius 2 is 1.90 bits per heavy atom. The van der Waals surface area contributed by atoms with Gasteiger partial charge in [-0.2, -0.15) is 13.2 Å². The van der Waals surface area contributed by atoms with Crippen LogP contribution >= 0.6 is 11.8 Å². The largest absolute Gasteiger partial charge is 0.416 e.